The Labute approximate surface area is 149 Å². The van der Waals surface area contributed by atoms with Crippen LogP contribution in [0.4, 0.5) is 0 Å². The maximum atomic E-state index is 10.5. The fraction of sp³-hybridized carbons (Fsp3) is 0.0625. The summed E-state index contributed by atoms with van der Waals surface area (Å²) in [4.78, 5) is 25.9. The first-order valence-corrected chi connectivity index (χ1v) is 8.24. The van der Waals surface area contributed by atoms with Gasteiger partial charge in [0.05, 0.1) is 4.47 Å². The summed E-state index contributed by atoms with van der Waals surface area (Å²) in [5, 5.41) is 17.9. The first-order valence-electron chi connectivity index (χ1n) is 6.63. The highest BCUT2D eigenvalue weighted by atomic mass is 79.9. The Balaban J connectivity index is 2.05. The van der Waals surface area contributed by atoms with Gasteiger partial charge in [0.15, 0.2) is 6.61 Å². The minimum Gasteiger partial charge on any atom is -0.481 e. The topological polar surface area (TPSA) is 96.7 Å². The highest BCUT2D eigenvalue weighted by molar-refractivity contribution is 9.10. The van der Waals surface area contributed by atoms with Crippen molar-refractivity contribution in [2.75, 3.05) is 6.61 Å². The van der Waals surface area contributed by atoms with Gasteiger partial charge >= 0.3 is 11.9 Å². The number of hydrogen-bond donors (Lipinski definition) is 2. The van der Waals surface area contributed by atoms with E-state index in [-0.39, 0.29) is 0 Å². The summed E-state index contributed by atoms with van der Waals surface area (Å²) in [5.74, 6) is -1.59. The van der Waals surface area contributed by atoms with Crippen LogP contribution in [0.15, 0.2) is 34.9 Å². The predicted octanol–water partition coefficient (Wildman–Crippen LogP) is 3.64. The third-order valence-electron chi connectivity index (χ3n) is 2.66. The minimum absolute atomic E-state index is 0.403. The Bertz CT molecular complexity index is 813. The second-order valence-corrected chi connectivity index (χ2v) is 6.43. The lowest BCUT2D eigenvalue weighted by atomic mass is 10.2. The lowest BCUT2D eigenvalue weighted by molar-refractivity contribution is -0.139. The molecule has 0 atom stereocenters. The molecule has 1 aromatic heterocycles. The van der Waals surface area contributed by atoms with Gasteiger partial charge in [-0.05, 0) is 45.8 Å². The predicted molar refractivity (Wildman–Crippen MR) is 95.0 cm³/mol. The molecule has 0 fully saturated rings. The van der Waals surface area contributed by atoms with E-state index < -0.39 is 18.5 Å². The van der Waals surface area contributed by atoms with Crippen LogP contribution in [0.5, 0.6) is 5.75 Å². The second kappa shape index (κ2) is 8.42. The van der Waals surface area contributed by atoms with E-state index in [1.165, 1.54) is 17.4 Å². The van der Waals surface area contributed by atoms with Gasteiger partial charge in [0.25, 0.3) is 0 Å². The summed E-state index contributed by atoms with van der Waals surface area (Å²) >= 11 is 4.70. The van der Waals surface area contributed by atoms with Crippen LogP contribution < -0.4 is 4.74 Å². The normalized spacial score (nSPS) is 11.2. The third kappa shape index (κ3) is 5.64. The van der Waals surface area contributed by atoms with Gasteiger partial charge in [0, 0.05) is 17.2 Å². The van der Waals surface area contributed by atoms with Crippen LogP contribution in [0.2, 0.25) is 0 Å². The van der Waals surface area contributed by atoms with Gasteiger partial charge in [-0.25, -0.2) is 14.6 Å². The molecule has 24 heavy (non-hydrogen) atoms. The summed E-state index contributed by atoms with van der Waals surface area (Å²) in [6.45, 7) is -0.403. The second-order valence-electron chi connectivity index (χ2n) is 4.48. The molecule has 6 nitrogen and oxygen atoms in total. The van der Waals surface area contributed by atoms with Gasteiger partial charge in [0.2, 0.25) is 0 Å². The molecule has 0 saturated heterocycles. The van der Waals surface area contributed by atoms with Crippen molar-refractivity contribution < 1.29 is 24.5 Å². The Hall–Kier alpha value is -2.45. The van der Waals surface area contributed by atoms with E-state index in [9.17, 15) is 9.59 Å². The van der Waals surface area contributed by atoms with E-state index in [1.54, 1.807) is 24.4 Å². The number of rotatable bonds is 7. The first kappa shape index (κ1) is 17.9. The largest absolute Gasteiger partial charge is 0.481 e. The zero-order chi connectivity index (χ0) is 17.5. The quantitative estimate of drug-likeness (QED) is 0.677. The van der Waals surface area contributed by atoms with Crippen molar-refractivity contribution in [2.45, 2.75) is 0 Å². The summed E-state index contributed by atoms with van der Waals surface area (Å²) in [6.07, 6.45) is 7.80. The number of halogens is 1. The van der Waals surface area contributed by atoms with Crippen LogP contribution in [0.3, 0.4) is 0 Å². The molecule has 0 aliphatic carbocycles. The summed E-state index contributed by atoms with van der Waals surface area (Å²) in [5.41, 5.74) is 0.877. The molecule has 124 valence electrons. The van der Waals surface area contributed by atoms with E-state index in [4.69, 9.17) is 14.9 Å². The van der Waals surface area contributed by atoms with Gasteiger partial charge in [-0.3, -0.25) is 0 Å². The van der Waals surface area contributed by atoms with E-state index in [0.717, 1.165) is 21.5 Å². The minimum atomic E-state index is -1.04. The van der Waals surface area contributed by atoms with E-state index in [2.05, 4.69) is 20.9 Å². The van der Waals surface area contributed by atoms with Gasteiger partial charge < -0.3 is 14.9 Å². The lowest BCUT2D eigenvalue weighted by Crippen LogP contribution is -2.09. The SMILES string of the molecule is O=C(O)/C=C/c1cnc(/C=C/c2ccc(OCC(=O)O)c(Br)c2)s1. The number of benzene rings is 1. The van der Waals surface area contributed by atoms with Crippen LogP contribution in [0.1, 0.15) is 15.4 Å². The molecule has 2 rings (SSSR count). The van der Waals surface area contributed by atoms with Crippen LogP contribution in [-0.2, 0) is 9.59 Å². The van der Waals surface area contributed by atoms with Crippen LogP contribution in [0, 0.1) is 0 Å². The van der Waals surface area contributed by atoms with Crippen LogP contribution in [-0.4, -0.2) is 33.7 Å². The Kier molecular flexibility index (Phi) is 6.28. The highest BCUT2D eigenvalue weighted by Gasteiger charge is 2.04. The van der Waals surface area contributed by atoms with Gasteiger partial charge in [0.1, 0.15) is 10.8 Å². The molecule has 0 unspecified atom stereocenters. The number of carboxylic acids is 2. The molecule has 2 N–H and O–H groups in total. The molecule has 2 aromatic rings. The molecule has 1 aromatic carbocycles. The van der Waals surface area contributed by atoms with Crippen molar-refractivity contribution in [1.29, 1.82) is 0 Å². The maximum absolute atomic E-state index is 10.5. The molecule has 0 bridgehead atoms. The number of aromatic nitrogens is 1. The maximum Gasteiger partial charge on any atom is 0.341 e. The number of ether oxygens (including phenoxy) is 1. The molecule has 0 saturated carbocycles. The monoisotopic (exact) mass is 409 g/mol. The Morgan fingerprint density at radius 1 is 1.25 bits per heavy atom. The third-order valence-corrected chi connectivity index (χ3v) is 4.20. The number of carboxylic acid groups (broad SMARTS) is 2. The van der Waals surface area contributed by atoms with Crippen LogP contribution >= 0.6 is 27.3 Å². The first-order chi connectivity index (χ1) is 11.4. The molecule has 0 spiro atoms. The Morgan fingerprint density at radius 3 is 2.71 bits per heavy atom. The molecule has 0 amide bonds. The molecule has 0 aliphatic heterocycles. The van der Waals surface area contributed by atoms with Crippen molar-refractivity contribution in [3.63, 3.8) is 0 Å². The van der Waals surface area contributed by atoms with Gasteiger partial charge in [-0.1, -0.05) is 12.1 Å². The molecular formula is C16H12BrNO5S. The number of carbonyl (C=O) groups is 2. The standard InChI is InChI=1S/C16H12BrNO5S/c17-12-7-10(1-4-13(12)23-9-16(21)22)2-5-14-18-8-11(24-14)3-6-15(19)20/h1-8H,9H2,(H,19,20)(H,21,22)/b5-2+,6-3+. The fourth-order valence-corrected chi connectivity index (χ4v) is 2.89. The van der Waals surface area contributed by atoms with Gasteiger partial charge in [-0.15, -0.1) is 11.3 Å². The number of aliphatic carboxylic acids is 2. The van der Waals surface area contributed by atoms with Crippen molar-refractivity contribution in [1.82, 2.24) is 4.98 Å². The Morgan fingerprint density at radius 2 is 2.04 bits per heavy atom. The van der Waals surface area contributed by atoms with Crippen molar-refractivity contribution >= 4 is 57.4 Å². The molecular weight excluding hydrogens is 398 g/mol. The molecule has 8 heteroatoms. The summed E-state index contributed by atoms with van der Waals surface area (Å²) in [7, 11) is 0. The van der Waals surface area contributed by atoms with Crippen molar-refractivity contribution in [3.05, 3.63) is 50.4 Å². The van der Waals surface area contributed by atoms with E-state index in [1.807, 2.05) is 12.2 Å². The zero-order valence-corrected chi connectivity index (χ0v) is 14.6. The smallest absolute Gasteiger partial charge is 0.341 e. The molecule has 0 radical (unpaired) electrons. The average molecular weight is 410 g/mol. The van der Waals surface area contributed by atoms with Crippen molar-refractivity contribution in [2.24, 2.45) is 0 Å². The number of nitrogens with zero attached hydrogens (tertiary/aromatic N) is 1. The number of thiazole rings is 1. The summed E-state index contributed by atoms with van der Waals surface area (Å²) in [6, 6.07) is 5.26. The van der Waals surface area contributed by atoms with E-state index >= 15 is 0 Å². The fourth-order valence-electron chi connectivity index (χ4n) is 1.65. The highest BCUT2D eigenvalue weighted by Crippen LogP contribution is 2.27. The summed E-state index contributed by atoms with van der Waals surface area (Å²) < 4.78 is 5.78. The zero-order valence-electron chi connectivity index (χ0n) is 12.2. The average Bonchev–Trinajstić information content (AvgIpc) is 2.98. The lowest BCUT2D eigenvalue weighted by Gasteiger charge is -2.06. The van der Waals surface area contributed by atoms with Crippen LogP contribution in [0.25, 0.3) is 18.2 Å². The molecule has 0 aliphatic rings. The number of hydrogen-bond acceptors (Lipinski definition) is 5. The van der Waals surface area contributed by atoms with Gasteiger partial charge in [-0.2, -0.15) is 0 Å². The van der Waals surface area contributed by atoms with E-state index in [0.29, 0.717) is 10.2 Å². The molecule has 1 heterocycles. The van der Waals surface area contributed by atoms with Crippen molar-refractivity contribution in [3.8, 4) is 5.75 Å².